The van der Waals surface area contributed by atoms with Crippen molar-refractivity contribution < 1.29 is 13.9 Å². The van der Waals surface area contributed by atoms with Gasteiger partial charge in [-0.3, -0.25) is 4.90 Å². The molecule has 116 valence electrons. The van der Waals surface area contributed by atoms with Crippen molar-refractivity contribution in [3.63, 3.8) is 0 Å². The molecule has 0 spiro atoms. The number of hydrogen-bond donors (Lipinski definition) is 1. The topological polar surface area (TPSA) is 26.7 Å². The molecule has 3 nitrogen and oxygen atoms in total. The van der Waals surface area contributed by atoms with E-state index < -0.39 is 5.82 Å². The van der Waals surface area contributed by atoms with Gasteiger partial charge in [0.1, 0.15) is 11.6 Å². The predicted octanol–water partition coefficient (Wildman–Crippen LogP) is 2.39. The second-order valence-corrected chi connectivity index (χ2v) is 6.04. The molecule has 5 heteroatoms. The number of benzene rings is 1. The lowest BCUT2D eigenvalue weighted by molar-refractivity contribution is 0.0172. The van der Waals surface area contributed by atoms with E-state index in [0.29, 0.717) is 18.8 Å². The van der Waals surface area contributed by atoms with Crippen molar-refractivity contribution in [2.75, 3.05) is 31.1 Å². The van der Waals surface area contributed by atoms with Crippen LogP contribution in [0.2, 0.25) is 0 Å². The van der Waals surface area contributed by atoms with E-state index in [1.54, 1.807) is 0 Å². The molecule has 2 atom stereocenters. The Morgan fingerprint density at radius 1 is 1.00 bits per heavy atom. The van der Waals surface area contributed by atoms with E-state index in [9.17, 15) is 13.9 Å². The molecule has 3 rings (SSSR count). The lowest BCUT2D eigenvalue weighted by Gasteiger charge is -2.43. The zero-order valence-electron chi connectivity index (χ0n) is 12.1. The van der Waals surface area contributed by atoms with Gasteiger partial charge in [-0.05, 0) is 25.0 Å². The summed E-state index contributed by atoms with van der Waals surface area (Å²) in [5.74, 6) is -0.779. The molecule has 0 bridgehead atoms. The van der Waals surface area contributed by atoms with Gasteiger partial charge in [0.2, 0.25) is 0 Å². The maximum Gasteiger partial charge on any atom is 0.146 e. The van der Waals surface area contributed by atoms with Gasteiger partial charge in [0.15, 0.2) is 0 Å². The molecule has 1 aromatic carbocycles. The van der Waals surface area contributed by atoms with E-state index in [2.05, 4.69) is 4.90 Å². The minimum atomic E-state index is -0.406. The molecule has 21 heavy (non-hydrogen) atoms. The largest absolute Gasteiger partial charge is 0.391 e. The first-order valence-electron chi connectivity index (χ1n) is 7.77. The normalized spacial score (nSPS) is 27.9. The number of nitrogens with zero attached hydrogens (tertiary/aromatic N) is 2. The first kappa shape index (κ1) is 14.7. The van der Waals surface area contributed by atoms with Crippen LogP contribution in [0.1, 0.15) is 25.7 Å². The van der Waals surface area contributed by atoms with Crippen LogP contribution >= 0.6 is 0 Å². The van der Waals surface area contributed by atoms with Crippen molar-refractivity contribution in [1.82, 2.24) is 4.90 Å². The average Bonchev–Trinajstić information content (AvgIpc) is 2.50. The summed E-state index contributed by atoms with van der Waals surface area (Å²) in [7, 11) is 0. The molecular weight excluding hydrogens is 274 g/mol. The van der Waals surface area contributed by atoms with E-state index >= 15 is 0 Å². The minimum Gasteiger partial charge on any atom is -0.391 e. The van der Waals surface area contributed by atoms with Gasteiger partial charge in [0.25, 0.3) is 0 Å². The van der Waals surface area contributed by atoms with Gasteiger partial charge in [-0.25, -0.2) is 8.78 Å². The summed E-state index contributed by atoms with van der Waals surface area (Å²) in [5.41, 5.74) is 0.346. The van der Waals surface area contributed by atoms with Crippen molar-refractivity contribution in [3.05, 3.63) is 29.8 Å². The number of halogens is 2. The van der Waals surface area contributed by atoms with Gasteiger partial charge in [0, 0.05) is 38.3 Å². The average molecular weight is 296 g/mol. The SMILES string of the molecule is OC1CCCCC1N1CCN(c2cc(F)ccc2F)CC1. The third-order valence-corrected chi connectivity index (χ3v) is 4.73. The fourth-order valence-electron chi connectivity index (χ4n) is 3.54. The molecule has 1 saturated heterocycles. The third-order valence-electron chi connectivity index (χ3n) is 4.73. The van der Waals surface area contributed by atoms with Gasteiger partial charge < -0.3 is 10.0 Å². The van der Waals surface area contributed by atoms with Crippen molar-refractivity contribution >= 4 is 5.69 Å². The first-order chi connectivity index (χ1) is 10.1. The van der Waals surface area contributed by atoms with Crippen molar-refractivity contribution in [2.24, 2.45) is 0 Å². The first-order valence-corrected chi connectivity index (χ1v) is 7.77. The van der Waals surface area contributed by atoms with Crippen LogP contribution < -0.4 is 4.90 Å². The molecule has 2 fully saturated rings. The summed E-state index contributed by atoms with van der Waals surface area (Å²) in [4.78, 5) is 4.20. The fraction of sp³-hybridized carbons (Fsp3) is 0.625. The van der Waals surface area contributed by atoms with E-state index in [4.69, 9.17) is 0 Å². The Bertz CT molecular complexity index is 489. The van der Waals surface area contributed by atoms with E-state index in [0.717, 1.165) is 38.4 Å². The molecule has 1 aromatic rings. The molecule has 1 heterocycles. The maximum atomic E-state index is 13.8. The molecule has 1 N–H and O–H groups in total. The molecular formula is C16H22F2N2O. The Balaban J connectivity index is 1.63. The summed E-state index contributed by atoms with van der Waals surface area (Å²) in [6.07, 6.45) is 3.95. The molecule has 0 aromatic heterocycles. The van der Waals surface area contributed by atoms with Crippen LogP contribution in [0.4, 0.5) is 14.5 Å². The Hall–Kier alpha value is -1.20. The second kappa shape index (κ2) is 6.28. The number of aliphatic hydroxyl groups is 1. The van der Waals surface area contributed by atoms with Crippen molar-refractivity contribution in [1.29, 1.82) is 0 Å². The Kier molecular flexibility index (Phi) is 4.40. The number of hydrogen-bond acceptors (Lipinski definition) is 3. The predicted molar refractivity (Wildman–Crippen MR) is 78.4 cm³/mol. The summed E-state index contributed by atoms with van der Waals surface area (Å²) < 4.78 is 27.1. The zero-order chi connectivity index (χ0) is 14.8. The quantitative estimate of drug-likeness (QED) is 0.908. The molecule has 2 unspecified atom stereocenters. The molecule has 0 radical (unpaired) electrons. The highest BCUT2D eigenvalue weighted by molar-refractivity contribution is 5.48. The third kappa shape index (κ3) is 3.19. The van der Waals surface area contributed by atoms with E-state index in [1.807, 2.05) is 4.90 Å². The van der Waals surface area contributed by atoms with E-state index in [-0.39, 0.29) is 18.0 Å². The van der Waals surface area contributed by atoms with Crippen LogP contribution in [-0.4, -0.2) is 48.3 Å². The van der Waals surface area contributed by atoms with Crippen LogP contribution in [0.25, 0.3) is 0 Å². The molecule has 1 aliphatic heterocycles. The number of rotatable bonds is 2. The Morgan fingerprint density at radius 2 is 1.71 bits per heavy atom. The summed E-state index contributed by atoms with van der Waals surface area (Å²) in [6, 6.07) is 3.83. The van der Waals surface area contributed by atoms with Crippen molar-refractivity contribution in [3.8, 4) is 0 Å². The highest BCUT2D eigenvalue weighted by atomic mass is 19.1. The summed E-state index contributed by atoms with van der Waals surface area (Å²) >= 11 is 0. The smallest absolute Gasteiger partial charge is 0.146 e. The van der Waals surface area contributed by atoms with Crippen LogP contribution in [0.5, 0.6) is 0 Å². The van der Waals surface area contributed by atoms with E-state index in [1.165, 1.54) is 18.6 Å². The van der Waals surface area contributed by atoms with Crippen LogP contribution in [0.15, 0.2) is 18.2 Å². The van der Waals surface area contributed by atoms with Crippen LogP contribution in [-0.2, 0) is 0 Å². The second-order valence-electron chi connectivity index (χ2n) is 6.04. The highest BCUT2D eigenvalue weighted by Crippen LogP contribution is 2.26. The lowest BCUT2D eigenvalue weighted by atomic mass is 9.91. The Morgan fingerprint density at radius 3 is 2.43 bits per heavy atom. The van der Waals surface area contributed by atoms with Gasteiger partial charge in [-0.1, -0.05) is 12.8 Å². The maximum absolute atomic E-state index is 13.8. The van der Waals surface area contributed by atoms with Gasteiger partial charge >= 0.3 is 0 Å². The standard InChI is InChI=1S/C16H22F2N2O/c17-12-5-6-13(18)15(11-12)20-9-7-19(8-10-20)14-3-1-2-4-16(14)21/h5-6,11,14,16,21H,1-4,7-10H2. The van der Waals surface area contributed by atoms with Crippen molar-refractivity contribution in [2.45, 2.75) is 37.8 Å². The Labute approximate surface area is 124 Å². The molecule has 2 aliphatic rings. The lowest BCUT2D eigenvalue weighted by Crippen LogP contribution is -2.54. The highest BCUT2D eigenvalue weighted by Gasteiger charge is 2.31. The van der Waals surface area contributed by atoms with Gasteiger partial charge in [-0.15, -0.1) is 0 Å². The number of anilines is 1. The van der Waals surface area contributed by atoms with Crippen LogP contribution in [0, 0.1) is 11.6 Å². The molecule has 1 saturated carbocycles. The summed E-state index contributed by atoms with van der Waals surface area (Å²) in [5, 5.41) is 10.1. The fourth-order valence-corrected chi connectivity index (χ4v) is 3.54. The summed E-state index contributed by atoms with van der Waals surface area (Å²) in [6.45, 7) is 2.92. The van der Waals surface area contributed by atoms with Crippen LogP contribution in [0.3, 0.4) is 0 Å². The monoisotopic (exact) mass is 296 g/mol. The van der Waals surface area contributed by atoms with Gasteiger partial charge in [0.05, 0.1) is 11.8 Å². The van der Waals surface area contributed by atoms with Gasteiger partial charge in [-0.2, -0.15) is 0 Å². The zero-order valence-corrected chi connectivity index (χ0v) is 12.1. The molecule has 1 aliphatic carbocycles. The number of piperazine rings is 1. The number of aliphatic hydroxyl groups excluding tert-OH is 1. The molecule has 0 amide bonds. The minimum absolute atomic E-state index is 0.234.